The molecule has 2 heterocycles. The summed E-state index contributed by atoms with van der Waals surface area (Å²) in [5, 5.41) is 10.3. The number of rotatable bonds is 2. The molecule has 0 unspecified atom stereocenters. The summed E-state index contributed by atoms with van der Waals surface area (Å²) in [6, 6.07) is 11.4. The van der Waals surface area contributed by atoms with E-state index in [1.54, 1.807) is 6.07 Å². The van der Waals surface area contributed by atoms with Crippen LogP contribution in [0, 0.1) is 4.84 Å². The number of aromatic nitrogens is 3. The first kappa shape index (κ1) is 9.98. The minimum Gasteiger partial charge on any atom is -0.408 e. The van der Waals surface area contributed by atoms with E-state index in [1.807, 2.05) is 30.3 Å². The highest BCUT2D eigenvalue weighted by Gasteiger charge is 2.12. The molecular weight excluding hydrogens is 238 g/mol. The van der Waals surface area contributed by atoms with Crippen molar-refractivity contribution in [1.82, 2.24) is 15.4 Å². The molecule has 0 aliphatic rings. The monoisotopic (exact) mass is 245 g/mol. The molecule has 6 heteroatoms. The molecule has 3 aromatic rings. The Morgan fingerprint density at radius 1 is 1.18 bits per heavy atom. The lowest BCUT2D eigenvalue weighted by molar-refractivity contribution is 0.430. The van der Waals surface area contributed by atoms with E-state index in [0.29, 0.717) is 17.3 Å². The van der Waals surface area contributed by atoms with Gasteiger partial charge in [-0.25, -0.2) is 5.10 Å². The fourth-order valence-corrected chi connectivity index (χ4v) is 1.58. The Labute approximate surface area is 101 Å². The van der Waals surface area contributed by atoms with Crippen LogP contribution in [0.5, 0.6) is 0 Å². The maximum Gasteiger partial charge on any atom is 0.284 e. The van der Waals surface area contributed by atoms with Crippen molar-refractivity contribution >= 4 is 12.2 Å². The van der Waals surface area contributed by atoms with Gasteiger partial charge in [0.25, 0.3) is 10.7 Å². The molecule has 1 N–H and O–H groups in total. The van der Waals surface area contributed by atoms with Gasteiger partial charge in [-0.1, -0.05) is 35.5 Å². The number of aromatic amines is 1. The predicted molar refractivity (Wildman–Crippen MR) is 62.6 cm³/mol. The Morgan fingerprint density at radius 3 is 2.71 bits per heavy atom. The van der Waals surface area contributed by atoms with Crippen molar-refractivity contribution in [3.63, 3.8) is 0 Å². The fraction of sp³-hybridized carbons (Fsp3) is 0. The Bertz CT molecular complexity index is 684. The zero-order valence-electron chi connectivity index (χ0n) is 8.58. The molecule has 0 aliphatic heterocycles. The van der Waals surface area contributed by atoms with Crippen LogP contribution in [0.2, 0.25) is 0 Å². The van der Waals surface area contributed by atoms with Crippen molar-refractivity contribution in [2.75, 3.05) is 0 Å². The van der Waals surface area contributed by atoms with Crippen LogP contribution in [0.1, 0.15) is 0 Å². The Hall–Kier alpha value is -2.21. The summed E-state index contributed by atoms with van der Waals surface area (Å²) in [5.41, 5.74) is 1.46. The van der Waals surface area contributed by atoms with Gasteiger partial charge in [0.2, 0.25) is 0 Å². The molecule has 0 atom stereocenters. The molecule has 0 saturated carbocycles. The lowest BCUT2D eigenvalue weighted by Crippen LogP contribution is -1.75. The molecule has 2 aromatic heterocycles. The molecule has 0 aliphatic carbocycles. The van der Waals surface area contributed by atoms with Gasteiger partial charge in [0.1, 0.15) is 0 Å². The fourth-order valence-electron chi connectivity index (χ4n) is 1.45. The van der Waals surface area contributed by atoms with E-state index in [2.05, 4.69) is 15.4 Å². The third-order valence-corrected chi connectivity index (χ3v) is 2.40. The predicted octanol–water partition coefficient (Wildman–Crippen LogP) is 3.05. The molecule has 84 valence electrons. The van der Waals surface area contributed by atoms with Crippen LogP contribution in [0.4, 0.5) is 0 Å². The highest BCUT2D eigenvalue weighted by atomic mass is 32.1. The summed E-state index contributed by atoms with van der Waals surface area (Å²) in [6.45, 7) is 0. The zero-order valence-corrected chi connectivity index (χ0v) is 9.40. The second kappa shape index (κ2) is 3.99. The van der Waals surface area contributed by atoms with Crippen molar-refractivity contribution in [1.29, 1.82) is 0 Å². The van der Waals surface area contributed by atoms with Crippen LogP contribution in [0.15, 0.2) is 45.3 Å². The van der Waals surface area contributed by atoms with Gasteiger partial charge in [0.15, 0.2) is 11.5 Å². The number of benzene rings is 1. The van der Waals surface area contributed by atoms with Crippen molar-refractivity contribution in [2.45, 2.75) is 0 Å². The van der Waals surface area contributed by atoms with Gasteiger partial charge in [-0.15, -0.1) is 5.10 Å². The first-order valence-electron chi connectivity index (χ1n) is 4.91. The molecule has 0 bridgehead atoms. The van der Waals surface area contributed by atoms with Crippen molar-refractivity contribution < 1.29 is 8.94 Å². The van der Waals surface area contributed by atoms with Gasteiger partial charge in [0, 0.05) is 11.6 Å². The van der Waals surface area contributed by atoms with Crippen molar-refractivity contribution in [3.8, 4) is 22.9 Å². The number of nitrogens with one attached hydrogen (secondary N) is 1. The summed E-state index contributed by atoms with van der Waals surface area (Å²) in [6.07, 6.45) is 0. The van der Waals surface area contributed by atoms with E-state index in [4.69, 9.17) is 21.2 Å². The summed E-state index contributed by atoms with van der Waals surface area (Å²) < 4.78 is 10.4. The quantitative estimate of drug-likeness (QED) is 0.703. The number of hydrogen-bond acceptors (Lipinski definition) is 5. The SMILES string of the molecule is S=c1[nH]nc(-c2cc(-c3ccccc3)on2)o1. The van der Waals surface area contributed by atoms with Crippen LogP contribution in [-0.2, 0) is 0 Å². The summed E-state index contributed by atoms with van der Waals surface area (Å²) >= 11 is 4.79. The van der Waals surface area contributed by atoms with Crippen molar-refractivity contribution in [3.05, 3.63) is 41.2 Å². The normalized spacial score (nSPS) is 10.6. The van der Waals surface area contributed by atoms with E-state index in [0.717, 1.165) is 5.56 Å². The van der Waals surface area contributed by atoms with Crippen LogP contribution >= 0.6 is 12.2 Å². The smallest absolute Gasteiger partial charge is 0.284 e. The van der Waals surface area contributed by atoms with Gasteiger partial charge < -0.3 is 8.94 Å². The summed E-state index contributed by atoms with van der Waals surface area (Å²) in [5.74, 6) is 0.977. The summed E-state index contributed by atoms with van der Waals surface area (Å²) in [7, 11) is 0. The average Bonchev–Trinajstić information content (AvgIpc) is 2.98. The minimum atomic E-state index is 0.212. The second-order valence-corrected chi connectivity index (χ2v) is 3.73. The molecule has 0 saturated heterocycles. The molecule has 0 spiro atoms. The third kappa shape index (κ3) is 1.90. The largest absolute Gasteiger partial charge is 0.408 e. The van der Waals surface area contributed by atoms with Gasteiger partial charge in [-0.05, 0) is 12.2 Å². The average molecular weight is 245 g/mol. The van der Waals surface area contributed by atoms with Crippen LogP contribution in [-0.4, -0.2) is 15.4 Å². The number of hydrogen-bond donors (Lipinski definition) is 1. The molecule has 3 rings (SSSR count). The van der Waals surface area contributed by atoms with E-state index in [9.17, 15) is 0 Å². The topological polar surface area (TPSA) is 67.8 Å². The van der Waals surface area contributed by atoms with Crippen LogP contribution in [0.25, 0.3) is 22.9 Å². The van der Waals surface area contributed by atoms with Gasteiger partial charge >= 0.3 is 0 Å². The first-order valence-corrected chi connectivity index (χ1v) is 5.32. The standard InChI is InChI=1S/C11H7N3O2S/c17-11-13-12-10(15-11)8-6-9(16-14-8)7-4-2-1-3-5-7/h1-6H,(H,13,17). The Balaban J connectivity index is 2.01. The van der Waals surface area contributed by atoms with Gasteiger partial charge in [0.05, 0.1) is 0 Å². The van der Waals surface area contributed by atoms with E-state index in [-0.39, 0.29) is 4.84 Å². The Morgan fingerprint density at radius 2 is 2.00 bits per heavy atom. The maximum atomic E-state index is 5.22. The highest BCUT2D eigenvalue weighted by Crippen LogP contribution is 2.24. The minimum absolute atomic E-state index is 0.212. The second-order valence-electron chi connectivity index (χ2n) is 3.36. The first-order chi connectivity index (χ1) is 8.33. The number of H-pyrrole nitrogens is 1. The molecule has 0 amide bonds. The lowest BCUT2D eigenvalue weighted by Gasteiger charge is -1.91. The maximum absolute atomic E-state index is 5.22. The van der Waals surface area contributed by atoms with Gasteiger partial charge in [-0.2, -0.15) is 0 Å². The number of nitrogens with zero attached hydrogens (tertiary/aromatic N) is 2. The van der Waals surface area contributed by atoms with Crippen LogP contribution < -0.4 is 0 Å². The van der Waals surface area contributed by atoms with Crippen LogP contribution in [0.3, 0.4) is 0 Å². The third-order valence-electron chi connectivity index (χ3n) is 2.23. The molecule has 1 aromatic carbocycles. The molecule has 17 heavy (non-hydrogen) atoms. The molecular formula is C11H7N3O2S. The zero-order chi connectivity index (χ0) is 11.7. The van der Waals surface area contributed by atoms with E-state index >= 15 is 0 Å². The van der Waals surface area contributed by atoms with E-state index in [1.165, 1.54) is 0 Å². The van der Waals surface area contributed by atoms with E-state index < -0.39 is 0 Å². The molecule has 5 nitrogen and oxygen atoms in total. The highest BCUT2D eigenvalue weighted by molar-refractivity contribution is 7.71. The van der Waals surface area contributed by atoms with Gasteiger partial charge in [-0.3, -0.25) is 0 Å². The Kier molecular flexibility index (Phi) is 2.34. The molecule has 0 fully saturated rings. The molecule has 0 radical (unpaired) electrons. The lowest BCUT2D eigenvalue weighted by atomic mass is 10.2. The summed E-state index contributed by atoms with van der Waals surface area (Å²) in [4.78, 5) is 0.212. The van der Waals surface area contributed by atoms with Crippen molar-refractivity contribution in [2.24, 2.45) is 0 Å².